The van der Waals surface area contributed by atoms with Crippen molar-refractivity contribution < 1.29 is 0 Å². The number of nitrogens with zero attached hydrogens (tertiary/aromatic N) is 3. The predicted molar refractivity (Wildman–Crippen MR) is 81.3 cm³/mol. The highest BCUT2D eigenvalue weighted by molar-refractivity contribution is 5.78. The minimum Gasteiger partial charge on any atom is -0.370 e. The van der Waals surface area contributed by atoms with E-state index >= 15 is 0 Å². The molecule has 0 bridgehead atoms. The summed E-state index contributed by atoms with van der Waals surface area (Å²) in [6, 6.07) is 0.722. The molecule has 19 heavy (non-hydrogen) atoms. The molecule has 2 aliphatic rings. The third kappa shape index (κ3) is 4.37. The Morgan fingerprint density at radius 3 is 2.74 bits per heavy atom. The lowest BCUT2D eigenvalue weighted by Crippen LogP contribution is -2.44. The van der Waals surface area contributed by atoms with E-state index in [9.17, 15) is 0 Å². The first-order chi connectivity index (χ1) is 9.16. The highest BCUT2D eigenvalue weighted by Crippen LogP contribution is 2.16. The van der Waals surface area contributed by atoms with Gasteiger partial charge in [0.1, 0.15) is 0 Å². The maximum absolute atomic E-state index is 6.12. The summed E-state index contributed by atoms with van der Waals surface area (Å²) in [6.07, 6.45) is 6.64. The summed E-state index contributed by atoms with van der Waals surface area (Å²) in [4.78, 5) is 9.40. The molecule has 2 aliphatic heterocycles. The van der Waals surface area contributed by atoms with Crippen LogP contribution in [0, 0.1) is 5.92 Å². The molecule has 0 aromatic rings. The fourth-order valence-corrected chi connectivity index (χ4v) is 3.28. The van der Waals surface area contributed by atoms with E-state index in [-0.39, 0.29) is 0 Å². The van der Waals surface area contributed by atoms with Crippen LogP contribution in [-0.2, 0) is 0 Å². The number of aliphatic imine (C=N–C) groups is 1. The Labute approximate surface area is 118 Å². The van der Waals surface area contributed by atoms with Crippen LogP contribution in [0.4, 0.5) is 0 Å². The van der Waals surface area contributed by atoms with Gasteiger partial charge < -0.3 is 10.6 Å². The quantitative estimate of drug-likeness (QED) is 0.627. The molecule has 0 aliphatic carbocycles. The molecule has 0 aromatic carbocycles. The SMILES string of the molecule is CC1CCCN(C(N)=NCCN2CCCCC2C)C1. The van der Waals surface area contributed by atoms with E-state index in [2.05, 4.69) is 28.6 Å². The van der Waals surface area contributed by atoms with Gasteiger partial charge in [0.15, 0.2) is 5.96 Å². The first kappa shape index (κ1) is 14.6. The summed E-state index contributed by atoms with van der Waals surface area (Å²) in [6.45, 7) is 9.94. The Bertz CT molecular complexity index is 303. The van der Waals surface area contributed by atoms with Crippen LogP contribution in [0.3, 0.4) is 0 Å². The van der Waals surface area contributed by atoms with Gasteiger partial charge in [-0.25, -0.2) is 0 Å². The number of likely N-dealkylation sites (tertiary alicyclic amines) is 2. The molecular weight excluding hydrogens is 236 g/mol. The van der Waals surface area contributed by atoms with Crippen LogP contribution in [-0.4, -0.2) is 54.5 Å². The number of hydrogen-bond donors (Lipinski definition) is 1. The van der Waals surface area contributed by atoms with E-state index in [1.807, 2.05) is 0 Å². The number of piperidine rings is 2. The van der Waals surface area contributed by atoms with Crippen LogP contribution in [0.2, 0.25) is 0 Å². The maximum Gasteiger partial charge on any atom is 0.191 e. The molecule has 2 N–H and O–H groups in total. The van der Waals surface area contributed by atoms with Crippen molar-refractivity contribution in [3.8, 4) is 0 Å². The van der Waals surface area contributed by atoms with Gasteiger partial charge in [-0.1, -0.05) is 13.3 Å². The van der Waals surface area contributed by atoms with Crippen LogP contribution in [0.25, 0.3) is 0 Å². The van der Waals surface area contributed by atoms with E-state index in [0.29, 0.717) is 0 Å². The van der Waals surface area contributed by atoms with Crippen molar-refractivity contribution in [3.63, 3.8) is 0 Å². The zero-order valence-electron chi connectivity index (χ0n) is 12.6. The number of hydrogen-bond acceptors (Lipinski definition) is 2. The van der Waals surface area contributed by atoms with Gasteiger partial charge in [0, 0.05) is 25.7 Å². The van der Waals surface area contributed by atoms with Crippen molar-refractivity contribution in [2.24, 2.45) is 16.6 Å². The predicted octanol–water partition coefficient (Wildman–Crippen LogP) is 1.91. The van der Waals surface area contributed by atoms with Crippen molar-refractivity contribution in [2.75, 3.05) is 32.7 Å². The molecule has 0 spiro atoms. The Hall–Kier alpha value is -0.770. The number of guanidine groups is 1. The molecule has 4 nitrogen and oxygen atoms in total. The van der Waals surface area contributed by atoms with E-state index in [1.165, 1.54) is 38.6 Å². The lowest BCUT2D eigenvalue weighted by Gasteiger charge is -2.33. The highest BCUT2D eigenvalue weighted by Gasteiger charge is 2.19. The summed E-state index contributed by atoms with van der Waals surface area (Å²) in [5.74, 6) is 1.51. The zero-order valence-corrected chi connectivity index (χ0v) is 12.6. The molecule has 2 atom stereocenters. The lowest BCUT2D eigenvalue weighted by molar-refractivity contribution is 0.165. The molecule has 0 radical (unpaired) electrons. The van der Waals surface area contributed by atoms with Crippen LogP contribution in [0.1, 0.15) is 46.0 Å². The first-order valence-corrected chi connectivity index (χ1v) is 7.95. The summed E-state index contributed by atoms with van der Waals surface area (Å²) < 4.78 is 0. The van der Waals surface area contributed by atoms with Crippen LogP contribution in [0.5, 0.6) is 0 Å². The number of nitrogens with two attached hydrogens (primary N) is 1. The molecule has 0 saturated carbocycles. The molecule has 2 unspecified atom stereocenters. The molecule has 110 valence electrons. The van der Waals surface area contributed by atoms with E-state index in [4.69, 9.17) is 5.73 Å². The van der Waals surface area contributed by atoms with Crippen LogP contribution >= 0.6 is 0 Å². The summed E-state index contributed by atoms with van der Waals surface area (Å²) in [5, 5.41) is 0. The van der Waals surface area contributed by atoms with E-state index < -0.39 is 0 Å². The maximum atomic E-state index is 6.12. The second kappa shape index (κ2) is 7.13. The van der Waals surface area contributed by atoms with Crippen molar-refractivity contribution >= 4 is 5.96 Å². The largest absolute Gasteiger partial charge is 0.370 e. The summed E-state index contributed by atoms with van der Waals surface area (Å²) in [7, 11) is 0. The summed E-state index contributed by atoms with van der Waals surface area (Å²) in [5.41, 5.74) is 6.12. The summed E-state index contributed by atoms with van der Waals surface area (Å²) >= 11 is 0. The van der Waals surface area contributed by atoms with Crippen molar-refractivity contribution in [3.05, 3.63) is 0 Å². The fraction of sp³-hybridized carbons (Fsp3) is 0.933. The molecule has 2 saturated heterocycles. The third-order valence-electron chi connectivity index (χ3n) is 4.58. The van der Waals surface area contributed by atoms with Gasteiger partial charge in [-0.3, -0.25) is 9.89 Å². The monoisotopic (exact) mass is 266 g/mol. The molecule has 2 rings (SSSR count). The standard InChI is InChI=1S/C15H30N4/c1-13-6-5-10-19(12-13)15(16)17-8-11-18-9-4-3-7-14(18)2/h13-14H,3-12H2,1-2H3,(H2,16,17). The Morgan fingerprint density at radius 1 is 1.16 bits per heavy atom. The average Bonchev–Trinajstić information content (AvgIpc) is 2.41. The minimum absolute atomic E-state index is 0.722. The van der Waals surface area contributed by atoms with Crippen molar-refractivity contribution in [1.82, 2.24) is 9.80 Å². The topological polar surface area (TPSA) is 44.9 Å². The van der Waals surface area contributed by atoms with Gasteiger partial charge in [-0.2, -0.15) is 0 Å². The smallest absolute Gasteiger partial charge is 0.191 e. The Morgan fingerprint density at radius 2 is 2.00 bits per heavy atom. The first-order valence-electron chi connectivity index (χ1n) is 7.95. The van der Waals surface area contributed by atoms with Crippen molar-refractivity contribution in [1.29, 1.82) is 0 Å². The second-order valence-electron chi connectivity index (χ2n) is 6.31. The Kier molecular flexibility index (Phi) is 5.49. The zero-order chi connectivity index (χ0) is 13.7. The van der Waals surface area contributed by atoms with Crippen LogP contribution < -0.4 is 5.73 Å². The molecule has 4 heteroatoms. The van der Waals surface area contributed by atoms with Gasteiger partial charge in [0.2, 0.25) is 0 Å². The van der Waals surface area contributed by atoms with Gasteiger partial charge in [0.05, 0.1) is 6.54 Å². The van der Waals surface area contributed by atoms with E-state index in [0.717, 1.165) is 44.1 Å². The number of rotatable bonds is 3. The normalized spacial score (nSPS) is 30.6. The Balaban J connectivity index is 1.74. The van der Waals surface area contributed by atoms with Gasteiger partial charge in [0.25, 0.3) is 0 Å². The van der Waals surface area contributed by atoms with Crippen molar-refractivity contribution in [2.45, 2.75) is 52.0 Å². The van der Waals surface area contributed by atoms with Gasteiger partial charge in [-0.15, -0.1) is 0 Å². The molecular formula is C15H30N4. The fourth-order valence-electron chi connectivity index (χ4n) is 3.28. The molecule has 0 aromatic heterocycles. The van der Waals surface area contributed by atoms with Crippen LogP contribution in [0.15, 0.2) is 4.99 Å². The minimum atomic E-state index is 0.722. The molecule has 2 heterocycles. The van der Waals surface area contributed by atoms with Gasteiger partial charge >= 0.3 is 0 Å². The molecule has 2 fully saturated rings. The second-order valence-corrected chi connectivity index (χ2v) is 6.31. The highest BCUT2D eigenvalue weighted by atomic mass is 15.3. The third-order valence-corrected chi connectivity index (χ3v) is 4.58. The average molecular weight is 266 g/mol. The molecule has 0 amide bonds. The van der Waals surface area contributed by atoms with Gasteiger partial charge in [-0.05, 0) is 45.1 Å². The van der Waals surface area contributed by atoms with E-state index in [1.54, 1.807) is 0 Å². The lowest BCUT2D eigenvalue weighted by atomic mass is 10.0.